The van der Waals surface area contributed by atoms with Gasteiger partial charge in [-0.05, 0) is 25.7 Å². The number of ether oxygens (including phenoxy) is 1. The lowest BCUT2D eigenvalue weighted by molar-refractivity contribution is 0.129. The van der Waals surface area contributed by atoms with Crippen LogP contribution in [0.4, 0.5) is 0 Å². The standard InChI is InChI=1S/C9H19NO2/c1-7(6-12-2)10-5-9(11)8-3-4-8/h7-11H,3-6H2,1-2H3. The molecule has 1 aliphatic rings. The zero-order valence-electron chi connectivity index (χ0n) is 7.92. The second-order valence-electron chi connectivity index (χ2n) is 3.67. The average molecular weight is 173 g/mol. The van der Waals surface area contributed by atoms with Crippen molar-refractivity contribution >= 4 is 0 Å². The molecule has 0 aromatic carbocycles. The fourth-order valence-electron chi connectivity index (χ4n) is 1.28. The van der Waals surface area contributed by atoms with Crippen LogP contribution in [0.15, 0.2) is 0 Å². The lowest BCUT2D eigenvalue weighted by Gasteiger charge is -2.15. The van der Waals surface area contributed by atoms with Crippen LogP contribution in [-0.2, 0) is 4.74 Å². The van der Waals surface area contributed by atoms with Gasteiger partial charge in [0, 0.05) is 19.7 Å². The summed E-state index contributed by atoms with van der Waals surface area (Å²) in [6.45, 7) is 3.47. The van der Waals surface area contributed by atoms with E-state index >= 15 is 0 Å². The molecule has 0 saturated heterocycles. The maximum absolute atomic E-state index is 9.50. The van der Waals surface area contributed by atoms with E-state index in [1.54, 1.807) is 7.11 Å². The Kier molecular flexibility index (Phi) is 3.98. The van der Waals surface area contributed by atoms with Crippen molar-refractivity contribution in [2.45, 2.75) is 31.9 Å². The summed E-state index contributed by atoms with van der Waals surface area (Å²) in [7, 11) is 1.69. The van der Waals surface area contributed by atoms with Crippen LogP contribution in [0.3, 0.4) is 0 Å². The molecule has 1 fully saturated rings. The first-order valence-corrected chi connectivity index (χ1v) is 4.64. The van der Waals surface area contributed by atoms with E-state index in [-0.39, 0.29) is 6.10 Å². The van der Waals surface area contributed by atoms with Crippen molar-refractivity contribution in [1.29, 1.82) is 0 Å². The van der Waals surface area contributed by atoms with Gasteiger partial charge in [0.1, 0.15) is 0 Å². The molecular weight excluding hydrogens is 154 g/mol. The largest absolute Gasteiger partial charge is 0.392 e. The Morgan fingerprint density at radius 1 is 1.58 bits per heavy atom. The number of aliphatic hydroxyl groups excluding tert-OH is 1. The fraction of sp³-hybridized carbons (Fsp3) is 1.00. The third-order valence-electron chi connectivity index (χ3n) is 2.26. The van der Waals surface area contributed by atoms with Gasteiger partial charge in [0.25, 0.3) is 0 Å². The monoisotopic (exact) mass is 173 g/mol. The summed E-state index contributed by atoms with van der Waals surface area (Å²) in [5.41, 5.74) is 0. The summed E-state index contributed by atoms with van der Waals surface area (Å²) < 4.78 is 4.97. The molecule has 2 N–H and O–H groups in total. The molecular formula is C9H19NO2. The van der Waals surface area contributed by atoms with Crippen molar-refractivity contribution in [3.8, 4) is 0 Å². The van der Waals surface area contributed by atoms with Gasteiger partial charge in [-0.25, -0.2) is 0 Å². The molecule has 0 bridgehead atoms. The quantitative estimate of drug-likeness (QED) is 0.610. The zero-order chi connectivity index (χ0) is 8.97. The average Bonchev–Trinajstić information content (AvgIpc) is 2.83. The Balaban J connectivity index is 1.99. The van der Waals surface area contributed by atoms with Crippen LogP contribution >= 0.6 is 0 Å². The second-order valence-corrected chi connectivity index (χ2v) is 3.67. The molecule has 72 valence electrons. The smallest absolute Gasteiger partial charge is 0.0692 e. The summed E-state index contributed by atoms with van der Waals surface area (Å²) >= 11 is 0. The van der Waals surface area contributed by atoms with E-state index in [2.05, 4.69) is 12.2 Å². The maximum Gasteiger partial charge on any atom is 0.0692 e. The van der Waals surface area contributed by atoms with Crippen LogP contribution in [0, 0.1) is 5.92 Å². The minimum atomic E-state index is -0.149. The van der Waals surface area contributed by atoms with Crippen molar-refractivity contribution in [2.75, 3.05) is 20.3 Å². The Bertz CT molecular complexity index is 126. The van der Waals surface area contributed by atoms with E-state index < -0.39 is 0 Å². The van der Waals surface area contributed by atoms with E-state index in [0.717, 1.165) is 0 Å². The normalized spacial score (nSPS) is 22.2. The third kappa shape index (κ3) is 3.52. The van der Waals surface area contributed by atoms with E-state index in [0.29, 0.717) is 25.1 Å². The van der Waals surface area contributed by atoms with Crippen LogP contribution in [0.5, 0.6) is 0 Å². The molecule has 1 aliphatic carbocycles. The van der Waals surface area contributed by atoms with E-state index in [4.69, 9.17) is 4.74 Å². The van der Waals surface area contributed by atoms with Crippen molar-refractivity contribution in [2.24, 2.45) is 5.92 Å². The molecule has 3 nitrogen and oxygen atoms in total. The molecule has 0 aromatic heterocycles. The molecule has 0 spiro atoms. The number of methoxy groups -OCH3 is 1. The lowest BCUT2D eigenvalue weighted by atomic mass is 10.2. The predicted octanol–water partition coefficient (Wildman–Crippen LogP) is 0.382. The number of aliphatic hydroxyl groups is 1. The first kappa shape index (κ1) is 9.96. The number of nitrogens with one attached hydrogen (secondary N) is 1. The highest BCUT2D eigenvalue weighted by atomic mass is 16.5. The van der Waals surface area contributed by atoms with Crippen molar-refractivity contribution in [3.05, 3.63) is 0 Å². The summed E-state index contributed by atoms with van der Waals surface area (Å²) in [4.78, 5) is 0. The van der Waals surface area contributed by atoms with Crippen LogP contribution in [-0.4, -0.2) is 37.5 Å². The predicted molar refractivity (Wildman–Crippen MR) is 48.1 cm³/mol. The minimum Gasteiger partial charge on any atom is -0.392 e. The number of rotatable bonds is 6. The fourth-order valence-corrected chi connectivity index (χ4v) is 1.28. The van der Waals surface area contributed by atoms with Gasteiger partial charge in [-0.1, -0.05) is 0 Å². The van der Waals surface area contributed by atoms with Gasteiger partial charge in [0.05, 0.1) is 12.7 Å². The summed E-state index contributed by atoms with van der Waals surface area (Å²) in [5.74, 6) is 0.562. The number of hydrogen-bond acceptors (Lipinski definition) is 3. The van der Waals surface area contributed by atoms with Crippen LogP contribution in [0.25, 0.3) is 0 Å². The molecule has 0 amide bonds. The molecule has 0 aliphatic heterocycles. The maximum atomic E-state index is 9.50. The molecule has 3 heteroatoms. The Labute approximate surface area is 74.1 Å². The highest BCUT2D eigenvalue weighted by molar-refractivity contribution is 4.82. The Hall–Kier alpha value is -0.120. The van der Waals surface area contributed by atoms with E-state index in [1.165, 1.54) is 12.8 Å². The van der Waals surface area contributed by atoms with E-state index in [9.17, 15) is 5.11 Å². The molecule has 2 unspecified atom stereocenters. The SMILES string of the molecule is COCC(C)NCC(O)C1CC1. The second kappa shape index (κ2) is 4.80. The lowest BCUT2D eigenvalue weighted by Crippen LogP contribution is -2.37. The topological polar surface area (TPSA) is 41.5 Å². The van der Waals surface area contributed by atoms with E-state index in [1.807, 2.05) is 0 Å². The van der Waals surface area contributed by atoms with Crippen molar-refractivity contribution in [1.82, 2.24) is 5.32 Å². The van der Waals surface area contributed by atoms with Gasteiger partial charge in [-0.15, -0.1) is 0 Å². The molecule has 1 saturated carbocycles. The highest BCUT2D eigenvalue weighted by Crippen LogP contribution is 2.32. The summed E-state index contributed by atoms with van der Waals surface area (Å²) in [6, 6.07) is 0.336. The van der Waals surface area contributed by atoms with Gasteiger partial charge >= 0.3 is 0 Å². The minimum absolute atomic E-state index is 0.149. The molecule has 0 heterocycles. The summed E-state index contributed by atoms with van der Waals surface area (Å²) in [5, 5.41) is 12.7. The Morgan fingerprint density at radius 2 is 2.25 bits per heavy atom. The first-order valence-electron chi connectivity index (χ1n) is 4.64. The van der Waals surface area contributed by atoms with Crippen LogP contribution < -0.4 is 5.32 Å². The molecule has 0 radical (unpaired) electrons. The van der Waals surface area contributed by atoms with Gasteiger partial charge in [-0.3, -0.25) is 0 Å². The highest BCUT2D eigenvalue weighted by Gasteiger charge is 2.29. The Morgan fingerprint density at radius 3 is 2.75 bits per heavy atom. The van der Waals surface area contributed by atoms with Gasteiger partial charge in [-0.2, -0.15) is 0 Å². The van der Waals surface area contributed by atoms with Gasteiger partial charge in [0.2, 0.25) is 0 Å². The van der Waals surface area contributed by atoms with Crippen LogP contribution in [0.2, 0.25) is 0 Å². The first-order chi connectivity index (χ1) is 5.74. The third-order valence-corrected chi connectivity index (χ3v) is 2.26. The molecule has 12 heavy (non-hydrogen) atoms. The molecule has 2 atom stereocenters. The summed E-state index contributed by atoms with van der Waals surface area (Å²) in [6.07, 6.45) is 2.24. The number of hydrogen-bond donors (Lipinski definition) is 2. The zero-order valence-corrected chi connectivity index (χ0v) is 7.92. The van der Waals surface area contributed by atoms with Gasteiger partial charge in [0.15, 0.2) is 0 Å². The van der Waals surface area contributed by atoms with Crippen molar-refractivity contribution < 1.29 is 9.84 Å². The molecule has 0 aromatic rings. The van der Waals surface area contributed by atoms with Gasteiger partial charge < -0.3 is 15.2 Å². The van der Waals surface area contributed by atoms with Crippen LogP contribution in [0.1, 0.15) is 19.8 Å². The van der Waals surface area contributed by atoms with Crippen molar-refractivity contribution in [3.63, 3.8) is 0 Å². The molecule has 1 rings (SSSR count).